The molecule has 2 amide bonds. The maximum absolute atomic E-state index is 14.3. The van der Waals surface area contributed by atoms with Crippen molar-refractivity contribution in [2.45, 2.75) is 50.6 Å². The van der Waals surface area contributed by atoms with E-state index in [4.69, 9.17) is 0 Å². The number of H-pyrrole nitrogens is 1. The van der Waals surface area contributed by atoms with E-state index in [0.717, 1.165) is 60.5 Å². The highest BCUT2D eigenvalue weighted by molar-refractivity contribution is 5.98. The molecule has 1 saturated carbocycles. The topological polar surface area (TPSA) is 91.0 Å². The first-order chi connectivity index (χ1) is 16.1. The number of piperidine rings is 1. The van der Waals surface area contributed by atoms with E-state index >= 15 is 0 Å². The predicted molar refractivity (Wildman–Crippen MR) is 122 cm³/mol. The second-order valence-electron chi connectivity index (χ2n) is 9.17. The number of anilines is 1. The third-order valence-electron chi connectivity index (χ3n) is 6.95. The first kappa shape index (κ1) is 20.1. The predicted octanol–water partition coefficient (Wildman–Crippen LogP) is 4.30. The molecule has 0 spiro atoms. The maximum atomic E-state index is 14.3. The van der Waals surface area contributed by atoms with Crippen LogP contribution in [-0.4, -0.2) is 43.7 Å². The Kier molecular flexibility index (Phi) is 4.74. The third-order valence-corrected chi connectivity index (χ3v) is 6.95. The van der Waals surface area contributed by atoms with Crippen molar-refractivity contribution in [2.24, 2.45) is 5.92 Å². The lowest BCUT2D eigenvalue weighted by molar-refractivity contribution is -0.117. The SMILES string of the molecule is O=C(Nc1cc(C2=CC3CCCC(C2)N3C(=O)c2ccncc2F)c2cc[nH]c2n1)C1CC1. The average Bonchev–Trinajstić information content (AvgIpc) is 3.55. The molecule has 2 fully saturated rings. The Morgan fingerprint density at radius 2 is 2.06 bits per heavy atom. The van der Waals surface area contributed by atoms with Crippen LogP contribution in [0.4, 0.5) is 10.2 Å². The Morgan fingerprint density at radius 1 is 1.18 bits per heavy atom. The zero-order valence-electron chi connectivity index (χ0n) is 18.1. The molecule has 7 nitrogen and oxygen atoms in total. The van der Waals surface area contributed by atoms with Gasteiger partial charge < -0.3 is 15.2 Å². The number of carbonyl (C=O) groups excluding carboxylic acids is 2. The number of hydrogen-bond donors (Lipinski definition) is 2. The largest absolute Gasteiger partial charge is 0.346 e. The van der Waals surface area contributed by atoms with Gasteiger partial charge >= 0.3 is 0 Å². The highest BCUT2D eigenvalue weighted by Crippen LogP contribution is 2.40. The highest BCUT2D eigenvalue weighted by atomic mass is 19.1. The summed E-state index contributed by atoms with van der Waals surface area (Å²) in [6.07, 6.45) is 11.8. The smallest absolute Gasteiger partial charge is 0.257 e. The van der Waals surface area contributed by atoms with Crippen LogP contribution in [-0.2, 0) is 4.79 Å². The van der Waals surface area contributed by atoms with Crippen molar-refractivity contribution < 1.29 is 14.0 Å². The fraction of sp³-hybridized carbons (Fsp3) is 0.360. The van der Waals surface area contributed by atoms with Crippen molar-refractivity contribution in [1.29, 1.82) is 0 Å². The van der Waals surface area contributed by atoms with Crippen molar-refractivity contribution >= 4 is 34.2 Å². The maximum Gasteiger partial charge on any atom is 0.257 e. The molecule has 1 saturated heterocycles. The summed E-state index contributed by atoms with van der Waals surface area (Å²) in [5.74, 6) is -0.213. The van der Waals surface area contributed by atoms with Crippen molar-refractivity contribution in [3.8, 4) is 0 Å². The number of halogens is 1. The monoisotopic (exact) mass is 445 g/mol. The van der Waals surface area contributed by atoms with E-state index in [1.165, 1.54) is 12.3 Å². The number of hydrogen-bond acceptors (Lipinski definition) is 4. The first-order valence-electron chi connectivity index (χ1n) is 11.5. The van der Waals surface area contributed by atoms with E-state index in [1.807, 2.05) is 23.2 Å². The minimum atomic E-state index is -0.588. The second-order valence-corrected chi connectivity index (χ2v) is 9.17. The first-order valence-corrected chi connectivity index (χ1v) is 11.5. The van der Waals surface area contributed by atoms with Gasteiger partial charge in [0.1, 0.15) is 11.5 Å². The summed E-state index contributed by atoms with van der Waals surface area (Å²) in [7, 11) is 0. The number of fused-ring (bicyclic) bond motifs is 3. The number of rotatable bonds is 4. The molecule has 33 heavy (non-hydrogen) atoms. The fourth-order valence-corrected chi connectivity index (χ4v) is 5.17. The number of nitrogens with zero attached hydrogens (tertiary/aromatic N) is 3. The lowest BCUT2D eigenvalue weighted by Crippen LogP contribution is -2.51. The molecule has 2 unspecified atom stereocenters. The van der Waals surface area contributed by atoms with Crippen LogP contribution in [0.5, 0.6) is 0 Å². The lowest BCUT2D eigenvalue weighted by atomic mass is 9.82. The Hall–Kier alpha value is -3.55. The summed E-state index contributed by atoms with van der Waals surface area (Å²) >= 11 is 0. The number of nitrogens with one attached hydrogen (secondary N) is 2. The Bertz CT molecular complexity index is 1290. The van der Waals surface area contributed by atoms with E-state index in [-0.39, 0.29) is 35.4 Å². The zero-order valence-corrected chi connectivity index (χ0v) is 18.1. The van der Waals surface area contributed by atoms with Gasteiger partial charge in [0.2, 0.25) is 5.91 Å². The van der Waals surface area contributed by atoms with Gasteiger partial charge in [0.15, 0.2) is 5.82 Å². The van der Waals surface area contributed by atoms with Crippen LogP contribution in [0.3, 0.4) is 0 Å². The molecule has 8 heteroatoms. The van der Waals surface area contributed by atoms with Crippen LogP contribution in [0.2, 0.25) is 0 Å². The molecule has 5 heterocycles. The minimum Gasteiger partial charge on any atom is -0.346 e. The Morgan fingerprint density at radius 3 is 2.85 bits per heavy atom. The normalized spacial score (nSPS) is 22.2. The van der Waals surface area contributed by atoms with Gasteiger partial charge in [-0.2, -0.15) is 0 Å². The quantitative estimate of drug-likeness (QED) is 0.627. The van der Waals surface area contributed by atoms with E-state index in [9.17, 15) is 14.0 Å². The average molecular weight is 445 g/mol. The molecule has 1 aliphatic carbocycles. The summed E-state index contributed by atoms with van der Waals surface area (Å²) in [4.78, 5) is 38.9. The van der Waals surface area contributed by atoms with Gasteiger partial charge in [-0.1, -0.05) is 6.08 Å². The summed E-state index contributed by atoms with van der Waals surface area (Å²) in [5.41, 5.74) is 2.95. The summed E-state index contributed by atoms with van der Waals surface area (Å²) < 4.78 is 14.3. The second kappa shape index (κ2) is 7.79. The van der Waals surface area contributed by atoms with Gasteiger partial charge in [0.25, 0.3) is 5.91 Å². The molecule has 3 aromatic rings. The van der Waals surface area contributed by atoms with Gasteiger partial charge in [0.05, 0.1) is 17.8 Å². The van der Waals surface area contributed by atoms with Crippen molar-refractivity contribution in [3.63, 3.8) is 0 Å². The van der Waals surface area contributed by atoms with Gasteiger partial charge in [0, 0.05) is 29.7 Å². The molecule has 2 aliphatic heterocycles. The third kappa shape index (κ3) is 3.59. The van der Waals surface area contributed by atoms with Gasteiger partial charge in [-0.3, -0.25) is 14.6 Å². The van der Waals surface area contributed by atoms with Crippen molar-refractivity contribution in [2.75, 3.05) is 5.32 Å². The van der Waals surface area contributed by atoms with E-state index < -0.39 is 5.82 Å². The standard InChI is InChI=1S/C25H24FN5O2/c26-21-13-27-8-6-19(21)25(33)31-16-2-1-3-17(31)11-15(10-16)20-12-22(30-24(32)14-4-5-14)29-23-18(20)7-9-28-23/h6-10,12-14,16-17H,1-5,11H2,(H2,28,29,30,32). The van der Waals surface area contributed by atoms with E-state index in [1.54, 1.807) is 0 Å². The van der Waals surface area contributed by atoms with Gasteiger partial charge in [-0.05, 0) is 67.9 Å². The number of aromatic amines is 1. The molecule has 0 radical (unpaired) electrons. The molecular formula is C25H24FN5O2. The fourth-order valence-electron chi connectivity index (χ4n) is 5.17. The van der Waals surface area contributed by atoms with Gasteiger partial charge in [-0.15, -0.1) is 0 Å². The Labute approximate surface area is 190 Å². The lowest BCUT2D eigenvalue weighted by Gasteiger charge is -2.45. The molecule has 2 N–H and O–H groups in total. The van der Waals surface area contributed by atoms with Crippen LogP contribution in [0.1, 0.15) is 54.4 Å². The number of pyridine rings is 2. The number of amides is 2. The van der Waals surface area contributed by atoms with E-state index in [0.29, 0.717) is 12.2 Å². The minimum absolute atomic E-state index is 0.00419. The molecule has 6 rings (SSSR count). The summed E-state index contributed by atoms with van der Waals surface area (Å²) in [6.45, 7) is 0. The van der Waals surface area contributed by atoms with Crippen LogP contribution >= 0.6 is 0 Å². The molecule has 2 atom stereocenters. The molecular weight excluding hydrogens is 421 g/mol. The zero-order chi connectivity index (χ0) is 22.5. The Balaban J connectivity index is 1.36. The number of carbonyl (C=O) groups is 2. The van der Waals surface area contributed by atoms with Crippen LogP contribution in [0.25, 0.3) is 16.6 Å². The summed E-state index contributed by atoms with van der Waals surface area (Å²) in [5, 5.41) is 3.95. The van der Waals surface area contributed by atoms with E-state index in [2.05, 4.69) is 26.3 Å². The molecule has 3 aromatic heterocycles. The van der Waals surface area contributed by atoms with Crippen LogP contribution < -0.4 is 5.32 Å². The van der Waals surface area contributed by atoms with Crippen LogP contribution in [0.15, 0.2) is 42.9 Å². The molecule has 3 aliphatic rings. The molecule has 168 valence electrons. The highest BCUT2D eigenvalue weighted by Gasteiger charge is 2.39. The van der Waals surface area contributed by atoms with Gasteiger partial charge in [-0.25, -0.2) is 9.37 Å². The van der Waals surface area contributed by atoms with Crippen LogP contribution in [0, 0.1) is 11.7 Å². The molecule has 2 bridgehead atoms. The van der Waals surface area contributed by atoms with Crippen molar-refractivity contribution in [1.82, 2.24) is 19.9 Å². The molecule has 0 aromatic carbocycles. The number of aromatic nitrogens is 3. The van der Waals surface area contributed by atoms with Crippen molar-refractivity contribution in [3.05, 3.63) is 59.8 Å². The summed E-state index contributed by atoms with van der Waals surface area (Å²) in [6, 6.07) is 5.28.